The third-order valence-electron chi connectivity index (χ3n) is 5.73. The molecule has 5 nitrogen and oxygen atoms in total. The van der Waals surface area contributed by atoms with Crippen molar-refractivity contribution < 1.29 is 0 Å². The topological polar surface area (TPSA) is 35.5 Å². The summed E-state index contributed by atoms with van der Waals surface area (Å²) in [7, 11) is 4.25. The molecule has 0 spiro atoms. The number of likely N-dealkylation sites (N-methyl/N-ethyl adjacent to an activating group) is 1. The van der Waals surface area contributed by atoms with E-state index < -0.39 is 0 Å². The molecule has 0 aliphatic carbocycles. The van der Waals surface area contributed by atoms with Crippen molar-refractivity contribution in [3.8, 4) is 0 Å². The van der Waals surface area contributed by atoms with Gasteiger partial charge < -0.3 is 14.7 Å². The second kappa shape index (κ2) is 6.50. The third kappa shape index (κ3) is 2.82. The predicted molar refractivity (Wildman–Crippen MR) is 111 cm³/mol. The van der Waals surface area contributed by atoms with Gasteiger partial charge in [-0.05, 0) is 43.8 Å². The summed E-state index contributed by atoms with van der Waals surface area (Å²) in [5.41, 5.74) is 4.87. The fraction of sp³-hybridized carbons (Fsp3) is 0.364. The zero-order valence-electron chi connectivity index (χ0n) is 16.0. The number of anilines is 2. The number of rotatable bonds is 3. The molecule has 0 saturated heterocycles. The molecule has 3 heterocycles. The number of nitrogens with zero attached hydrogens (tertiary/aromatic N) is 5. The average molecular weight is 359 g/mol. The highest BCUT2D eigenvalue weighted by atomic mass is 15.4. The van der Waals surface area contributed by atoms with Crippen molar-refractivity contribution in [3.05, 3.63) is 59.7 Å². The van der Waals surface area contributed by atoms with Crippen LogP contribution in [0.2, 0.25) is 0 Å². The first-order chi connectivity index (χ1) is 13.2. The van der Waals surface area contributed by atoms with Crippen LogP contribution in [-0.2, 0) is 6.42 Å². The number of hydrogen-bond acceptors (Lipinski definition) is 5. The number of hydrogen-bond donors (Lipinski definition) is 0. The van der Waals surface area contributed by atoms with Crippen molar-refractivity contribution in [3.63, 3.8) is 0 Å². The average Bonchev–Trinajstić information content (AvgIpc) is 2.70. The molecule has 0 fully saturated rings. The van der Waals surface area contributed by atoms with Crippen molar-refractivity contribution in [2.75, 3.05) is 50.1 Å². The van der Waals surface area contributed by atoms with Crippen LogP contribution < -0.4 is 9.80 Å². The number of fused-ring (bicyclic) bond motifs is 6. The number of benzene rings is 2. The maximum absolute atomic E-state index is 5.06. The van der Waals surface area contributed by atoms with Gasteiger partial charge >= 0.3 is 0 Å². The molecule has 1 atom stereocenters. The molecule has 0 radical (unpaired) electrons. The lowest BCUT2D eigenvalue weighted by Crippen LogP contribution is -2.49. The highest BCUT2D eigenvalue weighted by Gasteiger charge is 2.37. The van der Waals surface area contributed by atoms with E-state index in [1.54, 1.807) is 0 Å². The predicted octanol–water partition coefficient (Wildman–Crippen LogP) is 3.12. The van der Waals surface area contributed by atoms with Gasteiger partial charge in [-0.3, -0.25) is 0 Å². The largest absolute Gasteiger partial charge is 0.350 e. The van der Waals surface area contributed by atoms with Gasteiger partial charge in [-0.2, -0.15) is 0 Å². The van der Waals surface area contributed by atoms with Gasteiger partial charge in [0.15, 0.2) is 11.6 Å². The normalized spacial score (nSPS) is 18.4. The summed E-state index contributed by atoms with van der Waals surface area (Å²) >= 11 is 0. The first-order valence-corrected chi connectivity index (χ1v) is 9.71. The van der Waals surface area contributed by atoms with E-state index in [1.165, 1.54) is 11.1 Å². The zero-order chi connectivity index (χ0) is 18.4. The second-order valence-corrected chi connectivity index (χ2v) is 7.77. The van der Waals surface area contributed by atoms with Crippen molar-refractivity contribution in [1.29, 1.82) is 0 Å². The Morgan fingerprint density at radius 2 is 1.67 bits per heavy atom. The standard InChI is InChI=1S/C22H25N5/c1-25(2)13-14-26-15-20-17-8-4-3-7-16(17)11-12-27(20)22-21(26)23-18-9-5-6-10-19(18)24-22/h3-10,20H,11-15H2,1-2H3. The van der Waals surface area contributed by atoms with Gasteiger partial charge in [0.25, 0.3) is 0 Å². The summed E-state index contributed by atoms with van der Waals surface area (Å²) in [4.78, 5) is 17.2. The Hall–Kier alpha value is -2.66. The van der Waals surface area contributed by atoms with E-state index in [0.29, 0.717) is 6.04 Å². The van der Waals surface area contributed by atoms with E-state index >= 15 is 0 Å². The lowest BCUT2D eigenvalue weighted by molar-refractivity contribution is 0.405. The van der Waals surface area contributed by atoms with Crippen LogP contribution in [0, 0.1) is 0 Å². The fourth-order valence-electron chi connectivity index (χ4n) is 4.30. The lowest BCUT2D eigenvalue weighted by atomic mass is 9.91. The minimum Gasteiger partial charge on any atom is -0.350 e. The van der Waals surface area contributed by atoms with Crippen LogP contribution in [0.3, 0.4) is 0 Å². The van der Waals surface area contributed by atoms with E-state index in [4.69, 9.17) is 9.97 Å². The summed E-state index contributed by atoms with van der Waals surface area (Å²) in [5.74, 6) is 2.07. The lowest BCUT2D eigenvalue weighted by Gasteiger charge is -2.46. The molecule has 2 aliphatic heterocycles. The second-order valence-electron chi connectivity index (χ2n) is 7.77. The molecule has 5 rings (SSSR count). The van der Waals surface area contributed by atoms with Gasteiger partial charge in [-0.15, -0.1) is 0 Å². The molecule has 0 bridgehead atoms. The maximum Gasteiger partial charge on any atom is 0.173 e. The quantitative estimate of drug-likeness (QED) is 0.718. The highest BCUT2D eigenvalue weighted by Crippen LogP contribution is 2.42. The van der Waals surface area contributed by atoms with E-state index in [2.05, 4.69) is 65.2 Å². The fourth-order valence-corrected chi connectivity index (χ4v) is 4.30. The Kier molecular flexibility index (Phi) is 3.97. The summed E-state index contributed by atoms with van der Waals surface area (Å²) in [6.07, 6.45) is 1.07. The van der Waals surface area contributed by atoms with Crippen LogP contribution in [-0.4, -0.2) is 55.1 Å². The Labute approximate surface area is 160 Å². The summed E-state index contributed by atoms with van der Waals surface area (Å²) in [5, 5.41) is 0. The van der Waals surface area contributed by atoms with E-state index in [9.17, 15) is 0 Å². The molecule has 2 aliphatic rings. The molecule has 2 aromatic carbocycles. The Morgan fingerprint density at radius 3 is 2.44 bits per heavy atom. The van der Waals surface area contributed by atoms with Gasteiger partial charge in [0, 0.05) is 26.2 Å². The summed E-state index contributed by atoms with van der Waals surface area (Å²) in [6, 6.07) is 17.4. The monoisotopic (exact) mass is 359 g/mol. The van der Waals surface area contributed by atoms with Crippen LogP contribution in [0.4, 0.5) is 11.6 Å². The van der Waals surface area contributed by atoms with Gasteiger partial charge in [-0.1, -0.05) is 36.4 Å². The van der Waals surface area contributed by atoms with Gasteiger partial charge in [0.05, 0.1) is 17.1 Å². The Balaban J connectivity index is 1.64. The molecule has 0 N–H and O–H groups in total. The Morgan fingerprint density at radius 1 is 0.963 bits per heavy atom. The van der Waals surface area contributed by atoms with Crippen LogP contribution in [0.1, 0.15) is 17.2 Å². The molecule has 27 heavy (non-hydrogen) atoms. The molecule has 0 saturated carbocycles. The van der Waals surface area contributed by atoms with Crippen molar-refractivity contribution in [2.45, 2.75) is 12.5 Å². The van der Waals surface area contributed by atoms with E-state index in [-0.39, 0.29) is 0 Å². The van der Waals surface area contributed by atoms with Crippen LogP contribution >= 0.6 is 0 Å². The van der Waals surface area contributed by atoms with Gasteiger partial charge in [0.2, 0.25) is 0 Å². The van der Waals surface area contributed by atoms with E-state index in [0.717, 1.165) is 55.3 Å². The van der Waals surface area contributed by atoms with Crippen molar-refractivity contribution >= 4 is 22.7 Å². The van der Waals surface area contributed by atoms with Crippen molar-refractivity contribution in [1.82, 2.24) is 14.9 Å². The molecule has 1 aromatic heterocycles. The van der Waals surface area contributed by atoms with Crippen LogP contribution in [0.25, 0.3) is 11.0 Å². The number of aromatic nitrogens is 2. The zero-order valence-corrected chi connectivity index (χ0v) is 16.0. The smallest absolute Gasteiger partial charge is 0.173 e. The van der Waals surface area contributed by atoms with Gasteiger partial charge in [-0.25, -0.2) is 9.97 Å². The first kappa shape index (κ1) is 16.5. The van der Waals surface area contributed by atoms with Crippen LogP contribution in [0.5, 0.6) is 0 Å². The third-order valence-corrected chi connectivity index (χ3v) is 5.73. The van der Waals surface area contributed by atoms with E-state index in [1.807, 2.05) is 12.1 Å². The maximum atomic E-state index is 5.06. The van der Waals surface area contributed by atoms with Crippen LogP contribution in [0.15, 0.2) is 48.5 Å². The van der Waals surface area contributed by atoms with Gasteiger partial charge in [0.1, 0.15) is 0 Å². The molecule has 1 unspecified atom stereocenters. The molecule has 3 aromatic rings. The Bertz CT molecular complexity index is 983. The SMILES string of the molecule is CN(C)CCN1CC2c3ccccc3CCN2c2nc3ccccc3nc21. The molecular weight excluding hydrogens is 334 g/mol. The minimum absolute atomic E-state index is 0.347. The highest BCUT2D eigenvalue weighted by molar-refractivity contribution is 5.82. The molecule has 0 amide bonds. The summed E-state index contributed by atoms with van der Waals surface area (Å²) in [6.45, 7) is 3.93. The molecule has 138 valence electrons. The first-order valence-electron chi connectivity index (χ1n) is 9.71. The number of para-hydroxylation sites is 2. The molecular formula is C22H25N5. The summed E-state index contributed by atoms with van der Waals surface area (Å²) < 4.78 is 0. The minimum atomic E-state index is 0.347. The molecule has 5 heteroatoms. The van der Waals surface area contributed by atoms with Crippen molar-refractivity contribution in [2.24, 2.45) is 0 Å².